The maximum atomic E-state index is 13.3. The van der Waals surface area contributed by atoms with E-state index in [2.05, 4.69) is 6.92 Å². The van der Waals surface area contributed by atoms with Crippen LogP contribution in [0.15, 0.2) is 48.5 Å². The van der Waals surface area contributed by atoms with E-state index >= 15 is 0 Å². The Balaban J connectivity index is 1.75. The third kappa shape index (κ3) is 3.35. The van der Waals surface area contributed by atoms with Crippen LogP contribution in [-0.2, 0) is 14.4 Å². The number of hydrogen-bond acceptors (Lipinski definition) is 5. The molecular weight excluding hydrogens is 378 g/mol. The molecule has 2 aliphatic rings. The monoisotopic (exact) mass is 407 g/mol. The normalized spacial score (nSPS) is 23.3. The van der Waals surface area contributed by atoms with E-state index in [9.17, 15) is 9.59 Å². The number of unbranched alkanes of at least 4 members (excludes halogenated alkanes) is 1. The molecule has 0 aromatic heterocycles. The number of benzene rings is 2. The number of hydroxylamine groups is 1. The molecule has 0 spiro atoms. The van der Waals surface area contributed by atoms with Gasteiger partial charge in [-0.2, -0.15) is 0 Å². The van der Waals surface area contributed by atoms with E-state index in [0.29, 0.717) is 6.54 Å². The first-order chi connectivity index (χ1) is 14.4. The Hall–Kier alpha value is -2.86. The van der Waals surface area contributed by atoms with Gasteiger partial charge in [0.1, 0.15) is 5.92 Å². The smallest absolute Gasteiger partial charge is 0.261 e. The maximum Gasteiger partial charge on any atom is 0.261 e. The van der Waals surface area contributed by atoms with Gasteiger partial charge in [-0.15, -0.1) is 0 Å². The molecule has 4 rings (SSSR count). The van der Waals surface area contributed by atoms with Crippen molar-refractivity contribution in [3.05, 3.63) is 59.7 Å². The molecule has 2 aliphatic heterocycles. The Morgan fingerprint density at radius 3 is 2.33 bits per heavy atom. The van der Waals surface area contributed by atoms with Gasteiger partial charge >= 0.3 is 0 Å². The number of likely N-dealkylation sites (tertiary alicyclic amines) is 1. The van der Waals surface area contributed by atoms with E-state index in [0.717, 1.165) is 35.3 Å². The lowest BCUT2D eigenvalue weighted by molar-refractivity contribution is -0.143. The van der Waals surface area contributed by atoms with E-state index in [1.165, 1.54) is 4.90 Å². The van der Waals surface area contributed by atoms with Gasteiger partial charge in [-0.05, 0) is 42.7 Å². The SMILES string of the molecule is CCCCN1C(=O)[C@H]2[C@@H](c3ccc(N(C)C)cc3)N(c3ccccc3C)O[C@H]2C1=O. The van der Waals surface area contributed by atoms with Crippen molar-refractivity contribution in [3.8, 4) is 0 Å². The van der Waals surface area contributed by atoms with Crippen molar-refractivity contribution in [1.29, 1.82) is 0 Å². The number of nitrogens with zero attached hydrogens (tertiary/aromatic N) is 3. The number of aryl methyl sites for hydroxylation is 1. The van der Waals surface area contributed by atoms with Crippen molar-refractivity contribution >= 4 is 23.2 Å². The van der Waals surface area contributed by atoms with Crippen molar-refractivity contribution < 1.29 is 14.4 Å². The summed E-state index contributed by atoms with van der Waals surface area (Å²) >= 11 is 0. The fourth-order valence-corrected chi connectivity index (χ4v) is 4.34. The number of para-hydroxylation sites is 1. The van der Waals surface area contributed by atoms with E-state index in [1.54, 1.807) is 5.06 Å². The lowest BCUT2D eigenvalue weighted by Gasteiger charge is -2.30. The van der Waals surface area contributed by atoms with Crippen molar-refractivity contribution in [2.75, 3.05) is 30.6 Å². The number of imide groups is 1. The summed E-state index contributed by atoms with van der Waals surface area (Å²) in [5, 5.41) is 1.78. The zero-order valence-corrected chi connectivity index (χ0v) is 18.0. The number of carbonyl (C=O) groups is 2. The Kier molecular flexibility index (Phi) is 5.52. The van der Waals surface area contributed by atoms with Crippen molar-refractivity contribution in [3.63, 3.8) is 0 Å². The molecule has 2 aromatic carbocycles. The van der Waals surface area contributed by atoms with Crippen molar-refractivity contribution in [1.82, 2.24) is 4.90 Å². The van der Waals surface area contributed by atoms with Crippen LogP contribution in [0.25, 0.3) is 0 Å². The predicted octanol–water partition coefficient (Wildman–Crippen LogP) is 3.71. The van der Waals surface area contributed by atoms with Crippen LogP contribution in [0.4, 0.5) is 11.4 Å². The van der Waals surface area contributed by atoms with Crippen LogP contribution in [0.2, 0.25) is 0 Å². The average molecular weight is 408 g/mol. The largest absolute Gasteiger partial charge is 0.378 e. The average Bonchev–Trinajstić information content (AvgIpc) is 3.23. The van der Waals surface area contributed by atoms with E-state index in [1.807, 2.05) is 74.4 Å². The summed E-state index contributed by atoms with van der Waals surface area (Å²) in [4.78, 5) is 36.0. The summed E-state index contributed by atoms with van der Waals surface area (Å²) in [5.41, 5.74) is 3.97. The third-order valence-corrected chi connectivity index (χ3v) is 6.05. The van der Waals surface area contributed by atoms with Crippen LogP contribution >= 0.6 is 0 Å². The standard InChI is InChI=1S/C24H29N3O3/c1-5-6-15-26-23(28)20-21(17-11-13-18(14-12-17)25(3)4)27(30-22(20)24(26)29)19-10-8-7-9-16(19)2/h7-14,20-22H,5-6,15H2,1-4H3/t20-,21+,22+/m0/s1. The Morgan fingerprint density at radius 1 is 1.00 bits per heavy atom. The number of hydrogen-bond donors (Lipinski definition) is 0. The second kappa shape index (κ2) is 8.11. The van der Waals surface area contributed by atoms with Crippen LogP contribution in [0, 0.1) is 12.8 Å². The fraction of sp³-hybridized carbons (Fsp3) is 0.417. The van der Waals surface area contributed by atoms with Crippen LogP contribution in [0.5, 0.6) is 0 Å². The minimum absolute atomic E-state index is 0.128. The molecule has 0 saturated carbocycles. The molecule has 3 atom stereocenters. The number of carbonyl (C=O) groups excluding carboxylic acids is 2. The molecule has 2 amide bonds. The first kappa shape index (κ1) is 20.4. The van der Waals surface area contributed by atoms with Gasteiger partial charge in [0, 0.05) is 26.3 Å². The van der Waals surface area contributed by atoms with Gasteiger partial charge in [0.15, 0.2) is 6.10 Å². The van der Waals surface area contributed by atoms with Gasteiger partial charge in [0.05, 0.1) is 11.7 Å². The van der Waals surface area contributed by atoms with Gasteiger partial charge in [-0.3, -0.25) is 19.3 Å². The Bertz CT molecular complexity index is 941. The second-order valence-corrected chi connectivity index (χ2v) is 8.28. The van der Waals surface area contributed by atoms with Crippen LogP contribution in [0.3, 0.4) is 0 Å². The Morgan fingerprint density at radius 2 is 1.70 bits per heavy atom. The van der Waals surface area contributed by atoms with Gasteiger partial charge in [0.2, 0.25) is 5.91 Å². The molecule has 6 heteroatoms. The summed E-state index contributed by atoms with van der Waals surface area (Å²) in [7, 11) is 3.99. The van der Waals surface area contributed by atoms with Gasteiger partial charge in [0.25, 0.3) is 5.91 Å². The first-order valence-electron chi connectivity index (χ1n) is 10.6. The van der Waals surface area contributed by atoms with Crippen LogP contribution < -0.4 is 9.96 Å². The summed E-state index contributed by atoms with van der Waals surface area (Å²) < 4.78 is 0. The molecule has 2 heterocycles. The zero-order valence-electron chi connectivity index (χ0n) is 18.0. The highest BCUT2D eigenvalue weighted by atomic mass is 16.7. The molecule has 6 nitrogen and oxygen atoms in total. The molecule has 158 valence electrons. The molecule has 0 radical (unpaired) electrons. The Labute approximate surface area is 178 Å². The lowest BCUT2D eigenvalue weighted by atomic mass is 9.90. The molecule has 0 unspecified atom stereocenters. The molecule has 2 aromatic rings. The highest BCUT2D eigenvalue weighted by Crippen LogP contribution is 2.47. The second-order valence-electron chi connectivity index (χ2n) is 8.28. The van der Waals surface area contributed by atoms with Crippen LogP contribution in [0.1, 0.15) is 36.9 Å². The summed E-state index contributed by atoms with van der Waals surface area (Å²) in [6, 6.07) is 15.7. The van der Waals surface area contributed by atoms with Gasteiger partial charge < -0.3 is 4.90 Å². The van der Waals surface area contributed by atoms with E-state index in [4.69, 9.17) is 4.84 Å². The molecule has 0 N–H and O–H groups in total. The van der Waals surface area contributed by atoms with Gasteiger partial charge in [-0.1, -0.05) is 43.7 Å². The highest BCUT2D eigenvalue weighted by Gasteiger charge is 2.59. The third-order valence-electron chi connectivity index (χ3n) is 6.05. The first-order valence-corrected chi connectivity index (χ1v) is 10.6. The van der Waals surface area contributed by atoms with Crippen LogP contribution in [-0.4, -0.2) is 43.5 Å². The maximum absolute atomic E-state index is 13.3. The predicted molar refractivity (Wildman–Crippen MR) is 117 cm³/mol. The minimum Gasteiger partial charge on any atom is -0.378 e. The van der Waals surface area contributed by atoms with Gasteiger partial charge in [-0.25, -0.2) is 5.06 Å². The van der Waals surface area contributed by atoms with Crippen molar-refractivity contribution in [2.24, 2.45) is 5.92 Å². The summed E-state index contributed by atoms with van der Waals surface area (Å²) in [5.74, 6) is -0.889. The molecular formula is C24H29N3O3. The molecule has 30 heavy (non-hydrogen) atoms. The number of anilines is 2. The topological polar surface area (TPSA) is 53.1 Å². The van der Waals surface area contributed by atoms with E-state index < -0.39 is 12.0 Å². The molecule has 2 fully saturated rings. The fourth-order valence-electron chi connectivity index (χ4n) is 4.34. The highest BCUT2D eigenvalue weighted by molar-refractivity contribution is 6.07. The zero-order chi connectivity index (χ0) is 21.4. The molecule has 2 saturated heterocycles. The number of amides is 2. The molecule has 0 bridgehead atoms. The van der Waals surface area contributed by atoms with Crippen molar-refractivity contribution in [2.45, 2.75) is 38.8 Å². The summed E-state index contributed by atoms with van der Waals surface area (Å²) in [6.07, 6.45) is 0.964. The number of rotatable bonds is 6. The molecule has 0 aliphatic carbocycles. The van der Waals surface area contributed by atoms with E-state index in [-0.39, 0.29) is 17.9 Å². The quantitative estimate of drug-likeness (QED) is 0.684. The lowest BCUT2D eigenvalue weighted by Crippen LogP contribution is -2.38. The summed E-state index contributed by atoms with van der Waals surface area (Å²) in [6.45, 7) is 4.52. The minimum atomic E-state index is -0.771. The number of fused-ring (bicyclic) bond motifs is 1.